The summed E-state index contributed by atoms with van der Waals surface area (Å²) >= 11 is 0. The van der Waals surface area contributed by atoms with Gasteiger partial charge in [-0.25, -0.2) is 4.79 Å². The molecular formula is C17H12O5. The van der Waals surface area contributed by atoms with Crippen molar-refractivity contribution in [3.05, 3.63) is 64.9 Å². The highest BCUT2D eigenvalue weighted by molar-refractivity contribution is 6.14. The first-order valence-corrected chi connectivity index (χ1v) is 6.54. The van der Waals surface area contributed by atoms with Crippen molar-refractivity contribution in [1.29, 1.82) is 0 Å². The summed E-state index contributed by atoms with van der Waals surface area (Å²) in [7, 11) is 1.32. The molecule has 1 aliphatic rings. The standard InChI is InChI=1S/C17H12O5/c1-21-17(20)11-4-2-10(3-5-11)8-15-16(19)13-7-6-12(18)9-14(13)22-15/h2-9,18H,1H3/b15-8-. The molecule has 2 aromatic rings. The summed E-state index contributed by atoms with van der Waals surface area (Å²) in [5, 5.41) is 9.41. The number of aromatic hydroxyl groups is 1. The van der Waals surface area contributed by atoms with Crippen molar-refractivity contribution in [3.63, 3.8) is 0 Å². The van der Waals surface area contributed by atoms with Crippen LogP contribution in [0.5, 0.6) is 11.5 Å². The number of methoxy groups -OCH3 is 1. The number of hydrogen-bond donors (Lipinski definition) is 1. The van der Waals surface area contributed by atoms with Gasteiger partial charge in [0, 0.05) is 6.07 Å². The molecule has 0 bridgehead atoms. The molecule has 0 radical (unpaired) electrons. The number of phenols is 1. The third kappa shape index (κ3) is 2.44. The lowest BCUT2D eigenvalue weighted by molar-refractivity contribution is 0.0600. The molecule has 0 aromatic heterocycles. The van der Waals surface area contributed by atoms with Gasteiger partial charge in [0.15, 0.2) is 5.76 Å². The predicted octanol–water partition coefficient (Wildman–Crippen LogP) is 2.80. The molecule has 0 spiro atoms. The van der Waals surface area contributed by atoms with Crippen LogP contribution in [0.2, 0.25) is 0 Å². The molecule has 3 rings (SSSR count). The van der Waals surface area contributed by atoms with Gasteiger partial charge in [-0.2, -0.15) is 0 Å². The number of ketones is 1. The normalized spacial score (nSPS) is 14.6. The quantitative estimate of drug-likeness (QED) is 0.681. The zero-order valence-corrected chi connectivity index (χ0v) is 11.7. The minimum Gasteiger partial charge on any atom is -0.508 e. The molecule has 0 fully saturated rings. The summed E-state index contributed by atoms with van der Waals surface area (Å²) in [6.07, 6.45) is 1.58. The van der Waals surface area contributed by atoms with E-state index >= 15 is 0 Å². The first-order valence-electron chi connectivity index (χ1n) is 6.54. The van der Waals surface area contributed by atoms with Crippen molar-refractivity contribution in [2.75, 3.05) is 7.11 Å². The van der Waals surface area contributed by atoms with E-state index in [2.05, 4.69) is 4.74 Å². The Morgan fingerprint density at radius 2 is 1.91 bits per heavy atom. The molecule has 1 aliphatic heterocycles. The van der Waals surface area contributed by atoms with Gasteiger partial charge in [-0.05, 0) is 35.9 Å². The zero-order chi connectivity index (χ0) is 15.7. The number of allylic oxidation sites excluding steroid dienone is 1. The number of fused-ring (bicyclic) bond motifs is 1. The van der Waals surface area contributed by atoms with Crippen LogP contribution in [0.1, 0.15) is 26.3 Å². The molecule has 0 atom stereocenters. The molecule has 110 valence electrons. The number of rotatable bonds is 2. The molecule has 5 nitrogen and oxygen atoms in total. The van der Waals surface area contributed by atoms with Gasteiger partial charge in [-0.3, -0.25) is 4.79 Å². The van der Waals surface area contributed by atoms with Gasteiger partial charge in [-0.15, -0.1) is 0 Å². The van der Waals surface area contributed by atoms with Crippen LogP contribution in [-0.2, 0) is 4.74 Å². The lowest BCUT2D eigenvalue weighted by Gasteiger charge is -2.01. The number of carbonyl (C=O) groups is 2. The van der Waals surface area contributed by atoms with E-state index in [1.165, 1.54) is 25.3 Å². The highest BCUT2D eigenvalue weighted by atomic mass is 16.5. The van der Waals surface area contributed by atoms with Gasteiger partial charge in [-0.1, -0.05) is 12.1 Å². The summed E-state index contributed by atoms with van der Waals surface area (Å²) in [6.45, 7) is 0. The molecule has 22 heavy (non-hydrogen) atoms. The van der Waals surface area contributed by atoms with Crippen LogP contribution in [0.15, 0.2) is 48.2 Å². The Bertz CT molecular complexity index is 787. The third-order valence-corrected chi connectivity index (χ3v) is 3.28. The van der Waals surface area contributed by atoms with Crippen molar-refractivity contribution < 1.29 is 24.2 Å². The molecule has 0 unspecified atom stereocenters. The summed E-state index contributed by atoms with van der Waals surface area (Å²) in [6, 6.07) is 11.0. The first-order chi connectivity index (χ1) is 10.6. The fourth-order valence-electron chi connectivity index (χ4n) is 2.16. The lowest BCUT2D eigenvalue weighted by atomic mass is 10.1. The highest BCUT2D eigenvalue weighted by Gasteiger charge is 2.27. The number of Topliss-reactive ketones (excluding diaryl/α,β-unsaturated/α-hetero) is 1. The second kappa shape index (κ2) is 5.37. The van der Waals surface area contributed by atoms with Gasteiger partial charge < -0.3 is 14.6 Å². The average molecular weight is 296 g/mol. The summed E-state index contributed by atoms with van der Waals surface area (Å²) in [5.74, 6) is -0.119. The van der Waals surface area contributed by atoms with E-state index in [9.17, 15) is 14.7 Å². The molecule has 1 N–H and O–H groups in total. The van der Waals surface area contributed by atoms with Crippen LogP contribution in [0, 0.1) is 0 Å². The number of carbonyl (C=O) groups excluding carboxylic acids is 2. The zero-order valence-electron chi connectivity index (χ0n) is 11.7. The molecule has 1 heterocycles. The minimum atomic E-state index is -0.421. The minimum absolute atomic E-state index is 0.0373. The largest absolute Gasteiger partial charge is 0.508 e. The smallest absolute Gasteiger partial charge is 0.337 e. The maximum atomic E-state index is 12.2. The SMILES string of the molecule is COC(=O)c1ccc(/C=C2\Oc3cc(O)ccc3C2=O)cc1. The fraction of sp³-hybridized carbons (Fsp3) is 0.0588. The van der Waals surface area contributed by atoms with E-state index in [0.717, 1.165) is 0 Å². The highest BCUT2D eigenvalue weighted by Crippen LogP contribution is 2.34. The second-order valence-corrected chi connectivity index (χ2v) is 4.73. The Morgan fingerprint density at radius 1 is 1.18 bits per heavy atom. The third-order valence-electron chi connectivity index (χ3n) is 3.28. The van der Waals surface area contributed by atoms with Crippen molar-refractivity contribution in [2.24, 2.45) is 0 Å². The van der Waals surface area contributed by atoms with E-state index in [1.807, 2.05) is 0 Å². The Labute approximate surface area is 126 Å². The van der Waals surface area contributed by atoms with Crippen LogP contribution in [-0.4, -0.2) is 24.0 Å². The van der Waals surface area contributed by atoms with Crippen LogP contribution in [0.3, 0.4) is 0 Å². The molecule has 0 saturated heterocycles. The van der Waals surface area contributed by atoms with Gasteiger partial charge >= 0.3 is 5.97 Å². The number of phenolic OH excluding ortho intramolecular Hbond substituents is 1. The van der Waals surface area contributed by atoms with Crippen molar-refractivity contribution >= 4 is 17.8 Å². The Balaban J connectivity index is 1.88. The topological polar surface area (TPSA) is 72.8 Å². The molecule has 0 aliphatic carbocycles. The average Bonchev–Trinajstić information content (AvgIpc) is 2.82. The van der Waals surface area contributed by atoms with Crippen LogP contribution in [0.25, 0.3) is 6.08 Å². The number of esters is 1. The van der Waals surface area contributed by atoms with Crippen LogP contribution < -0.4 is 4.74 Å². The summed E-state index contributed by atoms with van der Waals surface area (Å²) in [5.41, 5.74) is 1.56. The molecule has 5 heteroatoms. The van der Waals surface area contributed by atoms with Gasteiger partial charge in [0.1, 0.15) is 11.5 Å². The van der Waals surface area contributed by atoms with E-state index in [0.29, 0.717) is 22.4 Å². The van der Waals surface area contributed by atoms with Crippen LogP contribution in [0.4, 0.5) is 0 Å². The monoisotopic (exact) mass is 296 g/mol. The van der Waals surface area contributed by atoms with Crippen molar-refractivity contribution in [3.8, 4) is 11.5 Å². The summed E-state index contributed by atoms with van der Waals surface area (Å²) < 4.78 is 10.1. The first kappa shape index (κ1) is 13.9. The lowest BCUT2D eigenvalue weighted by Crippen LogP contribution is -2.01. The van der Waals surface area contributed by atoms with Crippen molar-refractivity contribution in [1.82, 2.24) is 0 Å². The fourth-order valence-corrected chi connectivity index (χ4v) is 2.16. The molecule has 0 saturated carbocycles. The number of hydrogen-bond acceptors (Lipinski definition) is 5. The molecule has 0 amide bonds. The maximum Gasteiger partial charge on any atom is 0.337 e. The van der Waals surface area contributed by atoms with E-state index in [4.69, 9.17) is 4.74 Å². The van der Waals surface area contributed by atoms with Crippen molar-refractivity contribution in [2.45, 2.75) is 0 Å². The molecular weight excluding hydrogens is 284 g/mol. The van der Waals surface area contributed by atoms with Gasteiger partial charge in [0.05, 0.1) is 18.2 Å². The van der Waals surface area contributed by atoms with E-state index in [-0.39, 0.29) is 17.3 Å². The molecule has 2 aromatic carbocycles. The van der Waals surface area contributed by atoms with Gasteiger partial charge in [0.25, 0.3) is 0 Å². The maximum absolute atomic E-state index is 12.2. The Hall–Kier alpha value is -3.08. The summed E-state index contributed by atoms with van der Waals surface area (Å²) in [4.78, 5) is 23.5. The van der Waals surface area contributed by atoms with E-state index in [1.54, 1.807) is 30.3 Å². The van der Waals surface area contributed by atoms with E-state index < -0.39 is 5.97 Å². The Kier molecular flexibility index (Phi) is 3.39. The second-order valence-electron chi connectivity index (χ2n) is 4.73. The number of ether oxygens (including phenoxy) is 2. The Morgan fingerprint density at radius 3 is 2.59 bits per heavy atom. The van der Waals surface area contributed by atoms with Gasteiger partial charge in [0.2, 0.25) is 5.78 Å². The predicted molar refractivity (Wildman–Crippen MR) is 78.8 cm³/mol. The van der Waals surface area contributed by atoms with Crippen LogP contribution >= 0.6 is 0 Å². The number of benzene rings is 2.